The van der Waals surface area contributed by atoms with Gasteiger partial charge in [0.1, 0.15) is 11.1 Å². The molecule has 1 fully saturated rings. The van der Waals surface area contributed by atoms with Gasteiger partial charge in [-0.05, 0) is 55.3 Å². The van der Waals surface area contributed by atoms with Gasteiger partial charge in [0.2, 0.25) is 11.8 Å². The zero-order chi connectivity index (χ0) is 19.9. The minimum absolute atomic E-state index is 0.0380. The van der Waals surface area contributed by atoms with Crippen molar-refractivity contribution >= 4 is 35.0 Å². The van der Waals surface area contributed by atoms with E-state index in [1.807, 2.05) is 60.4 Å². The Kier molecular flexibility index (Phi) is 6.98. The maximum atomic E-state index is 12.5. The molecule has 1 aliphatic rings. The Morgan fingerprint density at radius 1 is 1.14 bits per heavy atom. The van der Waals surface area contributed by atoms with Gasteiger partial charge in [0, 0.05) is 17.8 Å². The lowest BCUT2D eigenvalue weighted by Crippen LogP contribution is -2.27. The van der Waals surface area contributed by atoms with Gasteiger partial charge in [0.15, 0.2) is 0 Å². The number of thioether (sulfide) groups is 1. The topological polar surface area (TPSA) is 58.6 Å². The summed E-state index contributed by atoms with van der Waals surface area (Å²) in [6.45, 7) is 4.63. The monoisotopic (exact) mass is 398 g/mol. The number of nitrogens with one attached hydrogen (secondary N) is 1. The lowest BCUT2D eigenvalue weighted by Gasteiger charge is -2.24. The highest BCUT2D eigenvalue weighted by Crippen LogP contribution is 2.42. The van der Waals surface area contributed by atoms with Crippen LogP contribution in [0.25, 0.3) is 0 Å². The SMILES string of the molecule is CCCCC(=O)Nc1ccc(C2SCC(=O)N2c2ccc(OCC)cc2)cc1. The molecule has 0 aliphatic carbocycles. The first-order valence-corrected chi connectivity index (χ1v) is 10.7. The summed E-state index contributed by atoms with van der Waals surface area (Å²) in [4.78, 5) is 26.2. The molecular weight excluding hydrogens is 372 g/mol. The molecule has 0 aromatic heterocycles. The van der Waals surface area contributed by atoms with Gasteiger partial charge in [-0.15, -0.1) is 11.8 Å². The normalized spacial score (nSPS) is 16.3. The molecule has 2 amide bonds. The number of nitrogens with zero attached hydrogens (tertiary/aromatic N) is 1. The van der Waals surface area contributed by atoms with Crippen molar-refractivity contribution in [2.75, 3.05) is 22.6 Å². The number of hydrogen-bond acceptors (Lipinski definition) is 4. The second kappa shape index (κ2) is 9.64. The number of hydrogen-bond donors (Lipinski definition) is 1. The molecule has 6 heteroatoms. The van der Waals surface area contributed by atoms with Crippen molar-refractivity contribution in [2.24, 2.45) is 0 Å². The molecule has 1 aliphatic heterocycles. The Bertz CT molecular complexity index is 806. The Hall–Kier alpha value is -2.47. The van der Waals surface area contributed by atoms with Crippen molar-refractivity contribution in [1.29, 1.82) is 0 Å². The van der Waals surface area contributed by atoms with E-state index in [9.17, 15) is 9.59 Å². The van der Waals surface area contributed by atoms with Crippen molar-refractivity contribution in [3.63, 3.8) is 0 Å². The summed E-state index contributed by atoms with van der Waals surface area (Å²) in [5.41, 5.74) is 2.68. The van der Waals surface area contributed by atoms with Crippen LogP contribution >= 0.6 is 11.8 Å². The smallest absolute Gasteiger partial charge is 0.238 e. The highest BCUT2D eigenvalue weighted by atomic mass is 32.2. The molecule has 3 rings (SSSR count). The molecule has 1 N–H and O–H groups in total. The fourth-order valence-corrected chi connectivity index (χ4v) is 4.29. The molecule has 0 bridgehead atoms. The van der Waals surface area contributed by atoms with Gasteiger partial charge >= 0.3 is 0 Å². The van der Waals surface area contributed by atoms with Crippen LogP contribution in [-0.2, 0) is 9.59 Å². The number of rotatable bonds is 8. The number of ether oxygens (including phenoxy) is 1. The van der Waals surface area contributed by atoms with Gasteiger partial charge in [-0.25, -0.2) is 0 Å². The largest absolute Gasteiger partial charge is 0.494 e. The summed E-state index contributed by atoms with van der Waals surface area (Å²) in [5, 5.41) is 2.85. The molecule has 0 spiro atoms. The average molecular weight is 399 g/mol. The Morgan fingerprint density at radius 2 is 1.86 bits per heavy atom. The second-order valence-electron chi connectivity index (χ2n) is 6.63. The van der Waals surface area contributed by atoms with E-state index in [-0.39, 0.29) is 17.2 Å². The molecule has 2 aromatic carbocycles. The fourth-order valence-electron chi connectivity index (χ4n) is 3.11. The fraction of sp³-hybridized carbons (Fsp3) is 0.364. The molecule has 148 valence electrons. The third kappa shape index (κ3) is 4.87. The van der Waals surface area contributed by atoms with Crippen LogP contribution in [0.3, 0.4) is 0 Å². The number of anilines is 2. The van der Waals surface area contributed by atoms with Crippen LogP contribution in [0.5, 0.6) is 5.75 Å². The van der Waals surface area contributed by atoms with Crippen LogP contribution in [0.1, 0.15) is 44.0 Å². The van der Waals surface area contributed by atoms with Crippen LogP contribution < -0.4 is 15.0 Å². The Balaban J connectivity index is 1.72. The zero-order valence-electron chi connectivity index (χ0n) is 16.3. The van der Waals surface area contributed by atoms with E-state index in [0.29, 0.717) is 18.8 Å². The molecule has 1 heterocycles. The molecule has 0 radical (unpaired) electrons. The molecule has 0 saturated carbocycles. The first kappa shape index (κ1) is 20.3. The summed E-state index contributed by atoms with van der Waals surface area (Å²) < 4.78 is 5.49. The Morgan fingerprint density at radius 3 is 2.50 bits per heavy atom. The quantitative estimate of drug-likeness (QED) is 0.680. The van der Waals surface area contributed by atoms with Crippen LogP contribution in [0, 0.1) is 0 Å². The zero-order valence-corrected chi connectivity index (χ0v) is 17.1. The highest BCUT2D eigenvalue weighted by molar-refractivity contribution is 8.00. The lowest BCUT2D eigenvalue weighted by atomic mass is 10.1. The molecule has 1 atom stereocenters. The molecule has 28 heavy (non-hydrogen) atoms. The number of carbonyl (C=O) groups excluding carboxylic acids is 2. The van der Waals surface area contributed by atoms with Crippen molar-refractivity contribution in [1.82, 2.24) is 0 Å². The summed E-state index contributed by atoms with van der Waals surface area (Å²) >= 11 is 1.61. The molecule has 2 aromatic rings. The first-order chi connectivity index (χ1) is 13.6. The number of benzene rings is 2. The summed E-state index contributed by atoms with van der Waals surface area (Å²) in [7, 11) is 0. The van der Waals surface area contributed by atoms with Crippen LogP contribution in [0.4, 0.5) is 11.4 Å². The van der Waals surface area contributed by atoms with Gasteiger partial charge in [-0.2, -0.15) is 0 Å². The van der Waals surface area contributed by atoms with Crippen molar-refractivity contribution in [3.8, 4) is 5.75 Å². The second-order valence-corrected chi connectivity index (χ2v) is 7.70. The first-order valence-electron chi connectivity index (χ1n) is 9.68. The van der Waals surface area contributed by atoms with E-state index >= 15 is 0 Å². The van der Waals surface area contributed by atoms with Gasteiger partial charge < -0.3 is 10.1 Å². The van der Waals surface area contributed by atoms with Gasteiger partial charge in [-0.3, -0.25) is 14.5 Å². The molecule has 5 nitrogen and oxygen atoms in total. The van der Waals surface area contributed by atoms with Gasteiger partial charge in [-0.1, -0.05) is 25.5 Å². The van der Waals surface area contributed by atoms with E-state index in [2.05, 4.69) is 12.2 Å². The maximum Gasteiger partial charge on any atom is 0.238 e. The van der Waals surface area contributed by atoms with E-state index in [1.165, 1.54) is 0 Å². The maximum absolute atomic E-state index is 12.5. The lowest BCUT2D eigenvalue weighted by molar-refractivity contribution is -0.116. The third-order valence-electron chi connectivity index (χ3n) is 4.53. The number of unbranched alkanes of at least 4 members (excludes halogenated alkanes) is 1. The average Bonchev–Trinajstić information content (AvgIpc) is 3.09. The van der Waals surface area contributed by atoms with Crippen LogP contribution in [0.2, 0.25) is 0 Å². The molecule has 1 unspecified atom stereocenters. The molecular formula is C22H26N2O3S. The van der Waals surface area contributed by atoms with E-state index in [0.717, 1.165) is 35.5 Å². The summed E-state index contributed by atoms with van der Waals surface area (Å²) in [6, 6.07) is 15.4. The summed E-state index contributed by atoms with van der Waals surface area (Å²) in [5.74, 6) is 1.38. The van der Waals surface area contributed by atoms with E-state index in [1.54, 1.807) is 11.8 Å². The minimum Gasteiger partial charge on any atom is -0.494 e. The minimum atomic E-state index is -0.0738. The van der Waals surface area contributed by atoms with E-state index < -0.39 is 0 Å². The highest BCUT2D eigenvalue weighted by Gasteiger charge is 2.34. The number of carbonyl (C=O) groups is 2. The van der Waals surface area contributed by atoms with E-state index in [4.69, 9.17) is 4.74 Å². The predicted molar refractivity (Wildman–Crippen MR) is 115 cm³/mol. The third-order valence-corrected chi connectivity index (χ3v) is 5.74. The van der Waals surface area contributed by atoms with Gasteiger partial charge in [0.05, 0.1) is 12.4 Å². The predicted octanol–water partition coefficient (Wildman–Crippen LogP) is 4.99. The molecule has 1 saturated heterocycles. The van der Waals surface area contributed by atoms with Gasteiger partial charge in [0.25, 0.3) is 0 Å². The van der Waals surface area contributed by atoms with Crippen LogP contribution in [0.15, 0.2) is 48.5 Å². The van der Waals surface area contributed by atoms with Crippen LogP contribution in [-0.4, -0.2) is 24.2 Å². The van der Waals surface area contributed by atoms with Crippen molar-refractivity contribution in [2.45, 2.75) is 38.5 Å². The number of amides is 2. The standard InChI is InChI=1S/C22H26N2O3S/c1-3-5-6-20(25)23-17-9-7-16(8-10-17)22-24(21(26)15-28-22)18-11-13-19(14-12-18)27-4-2/h7-14,22H,3-6,15H2,1-2H3,(H,23,25). The van der Waals surface area contributed by atoms with Crippen molar-refractivity contribution in [3.05, 3.63) is 54.1 Å². The van der Waals surface area contributed by atoms with Crippen molar-refractivity contribution < 1.29 is 14.3 Å². The Labute approximate surface area is 170 Å². The summed E-state index contributed by atoms with van der Waals surface area (Å²) in [6.07, 6.45) is 2.43.